The summed E-state index contributed by atoms with van der Waals surface area (Å²) in [6.07, 6.45) is 2.51. The number of hydrogen-bond acceptors (Lipinski definition) is 8. The molecule has 1 rings (SSSR count). The SMILES string of the molecule is COC(=O)c1cncc(NC(CO)(CO)CO)n1. The van der Waals surface area contributed by atoms with Crippen molar-refractivity contribution in [1.82, 2.24) is 9.97 Å². The minimum Gasteiger partial charge on any atom is -0.464 e. The number of methoxy groups -OCH3 is 1. The molecule has 0 aliphatic heterocycles. The summed E-state index contributed by atoms with van der Waals surface area (Å²) in [6.45, 7) is -1.53. The molecule has 100 valence electrons. The lowest BCUT2D eigenvalue weighted by molar-refractivity contribution is 0.0593. The van der Waals surface area contributed by atoms with Crippen molar-refractivity contribution in [2.75, 3.05) is 32.2 Å². The van der Waals surface area contributed by atoms with E-state index < -0.39 is 31.3 Å². The van der Waals surface area contributed by atoms with Gasteiger partial charge in [-0.2, -0.15) is 0 Å². The fourth-order valence-electron chi connectivity index (χ4n) is 1.17. The molecule has 0 unspecified atom stereocenters. The summed E-state index contributed by atoms with van der Waals surface area (Å²) in [6, 6.07) is 0. The molecule has 0 atom stereocenters. The highest BCUT2D eigenvalue weighted by Crippen LogP contribution is 2.12. The van der Waals surface area contributed by atoms with Gasteiger partial charge in [-0.25, -0.2) is 9.78 Å². The van der Waals surface area contributed by atoms with Gasteiger partial charge < -0.3 is 25.4 Å². The predicted molar refractivity (Wildman–Crippen MR) is 61.0 cm³/mol. The molecule has 18 heavy (non-hydrogen) atoms. The Balaban J connectivity index is 2.93. The number of esters is 1. The van der Waals surface area contributed by atoms with Crippen molar-refractivity contribution in [3.8, 4) is 0 Å². The molecule has 1 aromatic heterocycles. The highest BCUT2D eigenvalue weighted by atomic mass is 16.5. The van der Waals surface area contributed by atoms with E-state index in [2.05, 4.69) is 20.0 Å². The van der Waals surface area contributed by atoms with Crippen LogP contribution in [0.15, 0.2) is 12.4 Å². The Morgan fingerprint density at radius 3 is 2.44 bits per heavy atom. The summed E-state index contributed by atoms with van der Waals surface area (Å²) in [7, 11) is 1.21. The largest absolute Gasteiger partial charge is 0.464 e. The fraction of sp³-hybridized carbons (Fsp3) is 0.500. The van der Waals surface area contributed by atoms with E-state index in [4.69, 9.17) is 15.3 Å². The standard InChI is InChI=1S/C10H15N3O5/c1-18-9(17)7-2-11-3-8(12-7)13-10(4-14,5-15)6-16/h2-3,14-16H,4-6H2,1H3,(H,12,13). The van der Waals surface area contributed by atoms with Gasteiger partial charge in [-0.1, -0.05) is 0 Å². The number of carbonyl (C=O) groups is 1. The van der Waals surface area contributed by atoms with E-state index in [1.807, 2.05) is 0 Å². The Hall–Kier alpha value is -1.77. The molecule has 0 radical (unpaired) electrons. The first kappa shape index (κ1) is 14.3. The van der Waals surface area contributed by atoms with Crippen molar-refractivity contribution in [2.45, 2.75) is 5.54 Å². The molecular weight excluding hydrogens is 242 g/mol. The average Bonchev–Trinajstić information content (AvgIpc) is 2.44. The first-order chi connectivity index (χ1) is 8.60. The van der Waals surface area contributed by atoms with Gasteiger partial charge in [-0.3, -0.25) is 4.98 Å². The van der Waals surface area contributed by atoms with Crippen LogP contribution in [0.4, 0.5) is 5.82 Å². The summed E-state index contributed by atoms with van der Waals surface area (Å²) in [5.41, 5.74) is -1.35. The van der Waals surface area contributed by atoms with Crippen molar-refractivity contribution >= 4 is 11.8 Å². The summed E-state index contributed by atoms with van der Waals surface area (Å²) < 4.78 is 4.48. The number of anilines is 1. The quantitative estimate of drug-likeness (QED) is 0.449. The van der Waals surface area contributed by atoms with Gasteiger partial charge in [0.05, 0.1) is 39.3 Å². The van der Waals surface area contributed by atoms with Crippen molar-refractivity contribution in [3.05, 3.63) is 18.1 Å². The van der Waals surface area contributed by atoms with Gasteiger partial charge in [-0.05, 0) is 0 Å². The number of aliphatic hydroxyl groups excluding tert-OH is 3. The Labute approximate surface area is 103 Å². The molecule has 0 fully saturated rings. The molecule has 0 amide bonds. The van der Waals surface area contributed by atoms with Gasteiger partial charge >= 0.3 is 5.97 Å². The summed E-state index contributed by atoms with van der Waals surface area (Å²) in [5, 5.41) is 30.1. The second-order valence-electron chi connectivity index (χ2n) is 3.66. The van der Waals surface area contributed by atoms with Crippen LogP contribution < -0.4 is 5.32 Å². The number of rotatable bonds is 6. The van der Waals surface area contributed by atoms with Crippen molar-refractivity contribution in [1.29, 1.82) is 0 Å². The van der Waals surface area contributed by atoms with E-state index in [1.54, 1.807) is 0 Å². The third-order valence-electron chi connectivity index (χ3n) is 2.33. The van der Waals surface area contributed by atoms with Crippen LogP contribution in [0.2, 0.25) is 0 Å². The predicted octanol–water partition coefficient (Wildman–Crippen LogP) is -1.61. The van der Waals surface area contributed by atoms with E-state index >= 15 is 0 Å². The van der Waals surface area contributed by atoms with Gasteiger partial charge in [0.15, 0.2) is 5.69 Å². The van der Waals surface area contributed by atoms with Crippen LogP contribution in [-0.2, 0) is 4.74 Å². The normalized spacial score (nSPS) is 11.1. The Morgan fingerprint density at radius 2 is 1.94 bits per heavy atom. The molecule has 1 aromatic rings. The number of carbonyl (C=O) groups excluding carboxylic acids is 1. The number of aliphatic hydroxyl groups is 3. The lowest BCUT2D eigenvalue weighted by atomic mass is 10.0. The summed E-state index contributed by atoms with van der Waals surface area (Å²) in [4.78, 5) is 18.9. The lowest BCUT2D eigenvalue weighted by Gasteiger charge is -2.29. The van der Waals surface area contributed by atoms with E-state index in [-0.39, 0.29) is 11.5 Å². The van der Waals surface area contributed by atoms with E-state index in [0.29, 0.717) is 0 Å². The van der Waals surface area contributed by atoms with Gasteiger partial charge in [0.2, 0.25) is 0 Å². The zero-order valence-electron chi connectivity index (χ0n) is 9.83. The number of nitrogens with one attached hydrogen (secondary N) is 1. The average molecular weight is 257 g/mol. The first-order valence-electron chi connectivity index (χ1n) is 5.12. The maximum absolute atomic E-state index is 11.2. The molecule has 0 bridgehead atoms. The van der Waals surface area contributed by atoms with Crippen LogP contribution in [0.1, 0.15) is 10.5 Å². The van der Waals surface area contributed by atoms with Crippen molar-refractivity contribution in [3.63, 3.8) is 0 Å². The van der Waals surface area contributed by atoms with Crippen molar-refractivity contribution in [2.24, 2.45) is 0 Å². The minimum absolute atomic E-state index is 0.0229. The smallest absolute Gasteiger partial charge is 0.358 e. The molecule has 4 N–H and O–H groups in total. The third kappa shape index (κ3) is 3.13. The molecule has 0 aliphatic rings. The molecule has 0 spiro atoms. The van der Waals surface area contributed by atoms with Crippen LogP contribution in [-0.4, -0.2) is 63.7 Å². The lowest BCUT2D eigenvalue weighted by Crippen LogP contribution is -2.49. The molecule has 8 nitrogen and oxygen atoms in total. The molecule has 0 saturated heterocycles. The fourth-order valence-corrected chi connectivity index (χ4v) is 1.17. The second kappa shape index (κ2) is 6.24. The van der Waals surface area contributed by atoms with E-state index in [0.717, 1.165) is 0 Å². The molecule has 0 aromatic carbocycles. The molecular formula is C10H15N3O5. The highest BCUT2D eigenvalue weighted by Gasteiger charge is 2.28. The van der Waals surface area contributed by atoms with Crippen LogP contribution >= 0.6 is 0 Å². The van der Waals surface area contributed by atoms with Crippen LogP contribution in [0.3, 0.4) is 0 Å². The second-order valence-corrected chi connectivity index (χ2v) is 3.66. The van der Waals surface area contributed by atoms with Crippen molar-refractivity contribution < 1.29 is 24.9 Å². The Kier molecular flexibility index (Phi) is 4.95. The van der Waals surface area contributed by atoms with Crippen LogP contribution in [0, 0.1) is 0 Å². The van der Waals surface area contributed by atoms with E-state index in [9.17, 15) is 4.79 Å². The number of ether oxygens (including phenoxy) is 1. The van der Waals surface area contributed by atoms with E-state index in [1.165, 1.54) is 19.5 Å². The van der Waals surface area contributed by atoms with Gasteiger partial charge in [0, 0.05) is 0 Å². The maximum Gasteiger partial charge on any atom is 0.358 e. The topological polar surface area (TPSA) is 125 Å². The van der Waals surface area contributed by atoms with Gasteiger partial charge in [0.1, 0.15) is 11.4 Å². The van der Waals surface area contributed by atoms with Gasteiger partial charge in [0.25, 0.3) is 0 Å². The zero-order valence-corrected chi connectivity index (χ0v) is 9.83. The van der Waals surface area contributed by atoms with Gasteiger partial charge in [-0.15, -0.1) is 0 Å². The maximum atomic E-state index is 11.2. The number of nitrogens with zero attached hydrogens (tertiary/aromatic N) is 2. The molecule has 0 saturated carbocycles. The minimum atomic E-state index is -1.33. The highest BCUT2D eigenvalue weighted by molar-refractivity contribution is 5.87. The van der Waals surface area contributed by atoms with Crippen LogP contribution in [0.25, 0.3) is 0 Å². The summed E-state index contributed by atoms with van der Waals surface area (Å²) in [5.74, 6) is -0.524. The van der Waals surface area contributed by atoms with Crippen LogP contribution in [0.5, 0.6) is 0 Å². The molecule has 8 heteroatoms. The Morgan fingerprint density at radius 1 is 1.33 bits per heavy atom. The number of hydrogen-bond donors (Lipinski definition) is 4. The zero-order chi connectivity index (χ0) is 13.6. The Bertz CT molecular complexity index is 400. The molecule has 0 aliphatic carbocycles. The number of aromatic nitrogens is 2. The summed E-state index contributed by atoms with van der Waals surface area (Å²) >= 11 is 0. The third-order valence-corrected chi connectivity index (χ3v) is 2.33. The first-order valence-corrected chi connectivity index (χ1v) is 5.12. The molecule has 1 heterocycles. The monoisotopic (exact) mass is 257 g/mol.